The first-order chi connectivity index (χ1) is 7.25. The van der Waals surface area contributed by atoms with Crippen LogP contribution in [-0.4, -0.2) is 28.3 Å². The highest BCUT2D eigenvalue weighted by atomic mass is 16.5. The Morgan fingerprint density at radius 1 is 1.53 bits per heavy atom. The highest BCUT2D eigenvalue weighted by Gasteiger charge is 2.18. The second-order valence-electron chi connectivity index (χ2n) is 4.12. The average Bonchev–Trinajstić information content (AvgIpc) is 2.68. The first-order valence-corrected chi connectivity index (χ1v) is 5.47. The van der Waals surface area contributed by atoms with Crippen LogP contribution in [0.5, 0.6) is 0 Å². The quantitative estimate of drug-likeness (QED) is 0.768. The summed E-state index contributed by atoms with van der Waals surface area (Å²) in [7, 11) is 0. The molecule has 1 aromatic rings. The molecule has 5 heteroatoms. The SMILES string of the molecule is CC(O)c1noc(CC2CCNCC2)n1. The third kappa shape index (κ3) is 2.76. The van der Waals surface area contributed by atoms with Gasteiger partial charge in [0.25, 0.3) is 0 Å². The van der Waals surface area contributed by atoms with Crippen molar-refractivity contribution in [2.24, 2.45) is 5.92 Å². The van der Waals surface area contributed by atoms with Crippen LogP contribution < -0.4 is 5.32 Å². The lowest BCUT2D eigenvalue weighted by Crippen LogP contribution is -2.28. The Morgan fingerprint density at radius 3 is 2.87 bits per heavy atom. The van der Waals surface area contributed by atoms with Gasteiger partial charge in [0.05, 0.1) is 0 Å². The van der Waals surface area contributed by atoms with Crippen LogP contribution in [0.2, 0.25) is 0 Å². The molecule has 84 valence electrons. The largest absolute Gasteiger partial charge is 0.385 e. The van der Waals surface area contributed by atoms with E-state index < -0.39 is 6.10 Å². The van der Waals surface area contributed by atoms with Crippen LogP contribution in [0.3, 0.4) is 0 Å². The van der Waals surface area contributed by atoms with Gasteiger partial charge in [-0.15, -0.1) is 0 Å². The van der Waals surface area contributed by atoms with Gasteiger partial charge in [0, 0.05) is 6.42 Å². The normalized spacial score (nSPS) is 20.4. The molecular weight excluding hydrogens is 194 g/mol. The fourth-order valence-corrected chi connectivity index (χ4v) is 1.85. The number of rotatable bonds is 3. The molecular formula is C10H17N3O2. The standard InChI is InChI=1S/C10H17N3O2/c1-7(14)10-12-9(15-13-10)6-8-2-4-11-5-3-8/h7-8,11,14H,2-6H2,1H3. The zero-order chi connectivity index (χ0) is 10.7. The minimum absolute atomic E-state index is 0.388. The van der Waals surface area contributed by atoms with Crippen molar-refractivity contribution < 1.29 is 9.63 Å². The highest BCUT2D eigenvalue weighted by molar-refractivity contribution is 4.91. The van der Waals surface area contributed by atoms with Crippen LogP contribution in [0.25, 0.3) is 0 Å². The summed E-state index contributed by atoms with van der Waals surface area (Å²) in [5.74, 6) is 1.67. The maximum Gasteiger partial charge on any atom is 0.227 e. The van der Waals surface area contributed by atoms with Gasteiger partial charge in [0.1, 0.15) is 6.10 Å². The molecule has 1 saturated heterocycles. The van der Waals surface area contributed by atoms with Crippen LogP contribution in [0.15, 0.2) is 4.52 Å². The van der Waals surface area contributed by atoms with Crippen molar-refractivity contribution >= 4 is 0 Å². The van der Waals surface area contributed by atoms with Gasteiger partial charge in [-0.3, -0.25) is 0 Å². The van der Waals surface area contributed by atoms with Crippen LogP contribution in [0.1, 0.15) is 37.6 Å². The van der Waals surface area contributed by atoms with Gasteiger partial charge in [0.2, 0.25) is 5.89 Å². The molecule has 0 radical (unpaired) electrons. The Bertz CT molecular complexity index is 305. The maximum atomic E-state index is 9.25. The molecule has 1 aliphatic heterocycles. The first kappa shape index (κ1) is 10.6. The zero-order valence-electron chi connectivity index (χ0n) is 8.94. The Morgan fingerprint density at radius 2 is 2.27 bits per heavy atom. The number of aliphatic hydroxyl groups is 1. The van der Waals surface area contributed by atoms with E-state index in [0.29, 0.717) is 17.6 Å². The monoisotopic (exact) mass is 211 g/mol. The minimum Gasteiger partial charge on any atom is -0.385 e. The van der Waals surface area contributed by atoms with E-state index in [1.807, 2.05) is 0 Å². The van der Waals surface area contributed by atoms with Crippen molar-refractivity contribution in [1.29, 1.82) is 0 Å². The fraction of sp³-hybridized carbons (Fsp3) is 0.800. The van der Waals surface area contributed by atoms with Gasteiger partial charge in [0.15, 0.2) is 5.82 Å². The molecule has 15 heavy (non-hydrogen) atoms. The van der Waals surface area contributed by atoms with Crippen molar-refractivity contribution in [3.8, 4) is 0 Å². The molecule has 0 saturated carbocycles. The van der Waals surface area contributed by atoms with E-state index >= 15 is 0 Å². The number of hydrogen-bond donors (Lipinski definition) is 2. The molecule has 1 aliphatic rings. The van der Waals surface area contributed by atoms with Crippen LogP contribution in [0.4, 0.5) is 0 Å². The third-order valence-electron chi connectivity index (χ3n) is 2.78. The lowest BCUT2D eigenvalue weighted by Gasteiger charge is -2.20. The van der Waals surface area contributed by atoms with Gasteiger partial charge in [-0.25, -0.2) is 0 Å². The number of hydrogen-bond acceptors (Lipinski definition) is 5. The summed E-state index contributed by atoms with van der Waals surface area (Å²) in [6, 6.07) is 0. The molecule has 0 aliphatic carbocycles. The molecule has 1 unspecified atom stereocenters. The van der Waals surface area contributed by atoms with Gasteiger partial charge < -0.3 is 14.9 Å². The number of piperidine rings is 1. The molecule has 0 amide bonds. The summed E-state index contributed by atoms with van der Waals surface area (Å²) in [5.41, 5.74) is 0. The van der Waals surface area contributed by atoms with Crippen molar-refractivity contribution in [1.82, 2.24) is 15.5 Å². The Balaban J connectivity index is 1.91. The predicted molar refractivity (Wildman–Crippen MR) is 54.2 cm³/mol. The summed E-state index contributed by atoms with van der Waals surface area (Å²) in [4.78, 5) is 4.16. The Labute approximate surface area is 88.9 Å². The molecule has 0 bridgehead atoms. The predicted octanol–water partition coefficient (Wildman–Crippen LogP) is 0.665. The molecule has 2 N–H and O–H groups in total. The second-order valence-corrected chi connectivity index (χ2v) is 4.12. The summed E-state index contributed by atoms with van der Waals surface area (Å²) in [6.45, 7) is 3.78. The third-order valence-corrected chi connectivity index (χ3v) is 2.78. The van der Waals surface area contributed by atoms with Crippen LogP contribution in [-0.2, 0) is 6.42 Å². The van der Waals surface area contributed by atoms with Crippen molar-refractivity contribution in [3.05, 3.63) is 11.7 Å². The van der Waals surface area contributed by atoms with Crippen molar-refractivity contribution in [3.63, 3.8) is 0 Å². The average molecular weight is 211 g/mol. The second kappa shape index (κ2) is 4.72. The molecule has 1 fully saturated rings. The smallest absolute Gasteiger partial charge is 0.227 e. The van der Waals surface area contributed by atoms with Gasteiger partial charge >= 0.3 is 0 Å². The van der Waals surface area contributed by atoms with E-state index in [9.17, 15) is 5.11 Å². The van der Waals surface area contributed by atoms with Crippen LogP contribution >= 0.6 is 0 Å². The van der Waals surface area contributed by atoms with E-state index in [1.165, 1.54) is 0 Å². The number of nitrogens with one attached hydrogen (secondary N) is 1. The lowest BCUT2D eigenvalue weighted by molar-refractivity contribution is 0.184. The molecule has 2 heterocycles. The summed E-state index contributed by atoms with van der Waals surface area (Å²) >= 11 is 0. The Kier molecular flexibility index (Phi) is 3.33. The number of aromatic nitrogens is 2. The van der Waals surface area contributed by atoms with Crippen molar-refractivity contribution in [2.75, 3.05) is 13.1 Å². The van der Waals surface area contributed by atoms with Crippen molar-refractivity contribution in [2.45, 2.75) is 32.3 Å². The molecule has 1 atom stereocenters. The van der Waals surface area contributed by atoms with Gasteiger partial charge in [-0.05, 0) is 38.8 Å². The highest BCUT2D eigenvalue weighted by Crippen LogP contribution is 2.17. The first-order valence-electron chi connectivity index (χ1n) is 5.47. The van der Waals surface area contributed by atoms with Gasteiger partial charge in [-0.1, -0.05) is 5.16 Å². The summed E-state index contributed by atoms with van der Waals surface area (Å²) < 4.78 is 5.09. The van der Waals surface area contributed by atoms with E-state index in [2.05, 4.69) is 15.5 Å². The van der Waals surface area contributed by atoms with E-state index in [0.717, 1.165) is 32.4 Å². The molecule has 1 aromatic heterocycles. The number of nitrogens with zero attached hydrogens (tertiary/aromatic N) is 2. The molecule has 0 spiro atoms. The van der Waals surface area contributed by atoms with Gasteiger partial charge in [-0.2, -0.15) is 4.98 Å². The fourth-order valence-electron chi connectivity index (χ4n) is 1.85. The van der Waals surface area contributed by atoms with E-state index in [1.54, 1.807) is 6.92 Å². The molecule has 0 aromatic carbocycles. The maximum absolute atomic E-state index is 9.25. The number of aliphatic hydroxyl groups excluding tert-OH is 1. The van der Waals surface area contributed by atoms with Crippen LogP contribution in [0, 0.1) is 5.92 Å². The summed E-state index contributed by atoms with van der Waals surface area (Å²) in [6.07, 6.45) is 2.51. The van der Waals surface area contributed by atoms with E-state index in [-0.39, 0.29) is 0 Å². The topological polar surface area (TPSA) is 71.2 Å². The molecule has 2 rings (SSSR count). The van der Waals surface area contributed by atoms with E-state index in [4.69, 9.17) is 4.52 Å². The molecule has 5 nitrogen and oxygen atoms in total. The lowest BCUT2D eigenvalue weighted by atomic mass is 9.95. The summed E-state index contributed by atoms with van der Waals surface area (Å²) in [5, 5.41) is 16.3. The zero-order valence-corrected chi connectivity index (χ0v) is 8.94. The minimum atomic E-state index is -0.643. The Hall–Kier alpha value is -0.940.